The van der Waals surface area contributed by atoms with E-state index in [0.29, 0.717) is 29.4 Å². The van der Waals surface area contributed by atoms with Crippen LogP contribution in [0.2, 0.25) is 0 Å². The van der Waals surface area contributed by atoms with Gasteiger partial charge >= 0.3 is 0 Å². The summed E-state index contributed by atoms with van der Waals surface area (Å²) in [4.78, 5) is 13.2. The van der Waals surface area contributed by atoms with Crippen LogP contribution in [-0.2, 0) is 10.0 Å². The van der Waals surface area contributed by atoms with E-state index in [4.69, 9.17) is 0 Å². The Labute approximate surface area is 117 Å². The van der Waals surface area contributed by atoms with Crippen molar-refractivity contribution < 1.29 is 13.2 Å². The fourth-order valence-electron chi connectivity index (χ4n) is 2.15. The van der Waals surface area contributed by atoms with Gasteiger partial charge in [-0.15, -0.1) is 11.3 Å². The summed E-state index contributed by atoms with van der Waals surface area (Å²) in [5.41, 5.74) is 0. The van der Waals surface area contributed by atoms with E-state index in [0.717, 1.165) is 12.8 Å². The summed E-state index contributed by atoms with van der Waals surface area (Å²) in [6.45, 7) is 5.27. The first-order valence-corrected chi connectivity index (χ1v) is 8.61. The van der Waals surface area contributed by atoms with Gasteiger partial charge < -0.3 is 5.32 Å². The van der Waals surface area contributed by atoms with E-state index >= 15 is 0 Å². The lowest BCUT2D eigenvalue weighted by atomic mass is 10.4. The maximum Gasteiger partial charge on any atom is 0.261 e. The van der Waals surface area contributed by atoms with E-state index in [1.54, 1.807) is 6.92 Å². The van der Waals surface area contributed by atoms with Gasteiger partial charge in [-0.3, -0.25) is 4.79 Å². The van der Waals surface area contributed by atoms with Gasteiger partial charge in [-0.05, 0) is 32.8 Å². The molecule has 2 heterocycles. The van der Waals surface area contributed by atoms with Crippen molar-refractivity contribution in [2.24, 2.45) is 0 Å². The Kier molecular flexibility index (Phi) is 4.27. The number of carbonyl (C=O) groups excluding carboxylic acids is 1. The van der Waals surface area contributed by atoms with E-state index in [1.165, 1.54) is 21.7 Å². The molecule has 0 aliphatic carbocycles. The summed E-state index contributed by atoms with van der Waals surface area (Å²) in [7, 11) is -3.43. The molecular weight excluding hydrogens is 284 g/mol. The zero-order chi connectivity index (χ0) is 14.0. The van der Waals surface area contributed by atoms with E-state index in [9.17, 15) is 13.2 Å². The molecule has 19 heavy (non-hydrogen) atoms. The molecule has 0 aromatic carbocycles. The van der Waals surface area contributed by atoms with Crippen LogP contribution >= 0.6 is 11.3 Å². The van der Waals surface area contributed by atoms with Crippen LogP contribution in [0.3, 0.4) is 0 Å². The molecule has 106 valence electrons. The van der Waals surface area contributed by atoms with Gasteiger partial charge in [0.15, 0.2) is 0 Å². The molecule has 1 aliphatic heterocycles. The van der Waals surface area contributed by atoms with E-state index in [-0.39, 0.29) is 10.8 Å². The van der Waals surface area contributed by atoms with Crippen LogP contribution in [0.5, 0.6) is 0 Å². The number of nitrogens with zero attached hydrogens (tertiary/aromatic N) is 1. The van der Waals surface area contributed by atoms with E-state index in [2.05, 4.69) is 5.32 Å². The van der Waals surface area contributed by atoms with Crippen LogP contribution in [0, 0.1) is 6.92 Å². The molecule has 0 unspecified atom stereocenters. The number of hydrogen-bond donors (Lipinski definition) is 1. The molecule has 1 amide bonds. The molecule has 1 aromatic heterocycles. The minimum absolute atomic E-state index is 0.210. The predicted octanol–water partition coefficient (Wildman–Crippen LogP) is 1.59. The van der Waals surface area contributed by atoms with Gasteiger partial charge in [0.25, 0.3) is 5.91 Å². The minimum Gasteiger partial charge on any atom is -0.352 e. The maximum absolute atomic E-state index is 12.4. The highest BCUT2D eigenvalue weighted by atomic mass is 32.2. The second-order valence-corrected chi connectivity index (χ2v) is 7.66. The third kappa shape index (κ3) is 2.82. The Morgan fingerprint density at radius 2 is 2.05 bits per heavy atom. The van der Waals surface area contributed by atoms with Crippen molar-refractivity contribution in [1.29, 1.82) is 0 Å². The minimum atomic E-state index is -3.43. The molecule has 1 aliphatic rings. The van der Waals surface area contributed by atoms with Gasteiger partial charge in [0.05, 0.1) is 9.77 Å². The highest BCUT2D eigenvalue weighted by Gasteiger charge is 2.30. The third-order valence-corrected chi connectivity index (χ3v) is 6.32. The molecule has 5 nitrogen and oxygen atoms in total. The highest BCUT2D eigenvalue weighted by Crippen LogP contribution is 2.29. The average molecular weight is 302 g/mol. The molecule has 0 spiro atoms. The van der Waals surface area contributed by atoms with Crippen LogP contribution in [0.4, 0.5) is 0 Å². The Morgan fingerprint density at radius 1 is 1.42 bits per heavy atom. The second kappa shape index (κ2) is 5.60. The highest BCUT2D eigenvalue weighted by molar-refractivity contribution is 7.89. The summed E-state index contributed by atoms with van der Waals surface area (Å²) in [5, 5.41) is 2.69. The Balaban J connectivity index is 2.32. The zero-order valence-corrected chi connectivity index (χ0v) is 12.7. The zero-order valence-electron chi connectivity index (χ0n) is 11.1. The lowest BCUT2D eigenvalue weighted by molar-refractivity contribution is 0.0959. The number of nitrogens with one attached hydrogen (secondary N) is 1. The van der Waals surface area contributed by atoms with Crippen LogP contribution in [0.25, 0.3) is 0 Å². The summed E-state index contributed by atoms with van der Waals surface area (Å²) >= 11 is 1.23. The molecule has 1 fully saturated rings. The van der Waals surface area contributed by atoms with Gasteiger partial charge in [-0.25, -0.2) is 8.42 Å². The first kappa shape index (κ1) is 14.5. The Bertz CT molecular complexity index is 572. The van der Waals surface area contributed by atoms with Crippen molar-refractivity contribution in [1.82, 2.24) is 9.62 Å². The predicted molar refractivity (Wildman–Crippen MR) is 75.1 cm³/mol. The van der Waals surface area contributed by atoms with Crippen molar-refractivity contribution in [3.05, 3.63) is 15.8 Å². The first-order chi connectivity index (χ1) is 8.96. The van der Waals surface area contributed by atoms with Crippen molar-refractivity contribution in [3.8, 4) is 0 Å². The van der Waals surface area contributed by atoms with Gasteiger partial charge in [-0.1, -0.05) is 0 Å². The lowest BCUT2D eigenvalue weighted by Crippen LogP contribution is -2.28. The fraction of sp³-hybridized carbons (Fsp3) is 0.583. The monoisotopic (exact) mass is 302 g/mol. The summed E-state index contributed by atoms with van der Waals surface area (Å²) < 4.78 is 26.4. The van der Waals surface area contributed by atoms with Crippen LogP contribution < -0.4 is 5.32 Å². The summed E-state index contributed by atoms with van der Waals surface area (Å²) in [6, 6.07) is 1.50. The van der Waals surface area contributed by atoms with Crippen LogP contribution in [-0.4, -0.2) is 38.3 Å². The van der Waals surface area contributed by atoms with Crippen molar-refractivity contribution in [3.63, 3.8) is 0 Å². The molecule has 0 bridgehead atoms. The SMILES string of the molecule is CCNC(=O)c1cc(S(=O)(=O)N2CCCC2)c(C)s1. The number of thiophene rings is 1. The molecular formula is C12H18N2O3S2. The quantitative estimate of drug-likeness (QED) is 0.918. The molecule has 0 atom stereocenters. The topological polar surface area (TPSA) is 66.5 Å². The number of aryl methyl sites for hydroxylation is 1. The number of hydrogen-bond acceptors (Lipinski definition) is 4. The molecule has 1 aromatic rings. The Hall–Kier alpha value is -0.920. The van der Waals surface area contributed by atoms with Gasteiger partial charge in [0.1, 0.15) is 0 Å². The van der Waals surface area contributed by atoms with Crippen LogP contribution in [0.1, 0.15) is 34.3 Å². The van der Waals surface area contributed by atoms with Crippen LogP contribution in [0.15, 0.2) is 11.0 Å². The molecule has 2 rings (SSSR count). The van der Waals surface area contributed by atoms with E-state index < -0.39 is 10.0 Å². The first-order valence-electron chi connectivity index (χ1n) is 6.35. The van der Waals surface area contributed by atoms with Gasteiger partial charge in [0, 0.05) is 24.5 Å². The molecule has 0 saturated carbocycles. The van der Waals surface area contributed by atoms with Gasteiger partial charge in [-0.2, -0.15) is 4.31 Å². The normalized spacial score (nSPS) is 16.7. The van der Waals surface area contributed by atoms with E-state index in [1.807, 2.05) is 6.92 Å². The second-order valence-electron chi connectivity index (χ2n) is 4.50. The smallest absolute Gasteiger partial charge is 0.261 e. The van der Waals surface area contributed by atoms with Crippen molar-refractivity contribution >= 4 is 27.3 Å². The molecule has 1 saturated heterocycles. The number of rotatable bonds is 4. The number of amides is 1. The van der Waals surface area contributed by atoms with Gasteiger partial charge in [0.2, 0.25) is 10.0 Å². The van der Waals surface area contributed by atoms with Crippen molar-refractivity contribution in [2.45, 2.75) is 31.6 Å². The lowest BCUT2D eigenvalue weighted by Gasteiger charge is -2.14. The van der Waals surface area contributed by atoms with Crippen molar-refractivity contribution in [2.75, 3.05) is 19.6 Å². The summed E-state index contributed by atoms with van der Waals surface area (Å²) in [6.07, 6.45) is 1.82. The maximum atomic E-state index is 12.4. The molecule has 0 radical (unpaired) electrons. The molecule has 7 heteroatoms. The summed E-state index contributed by atoms with van der Waals surface area (Å²) in [5.74, 6) is -0.210. The number of carbonyl (C=O) groups is 1. The standard InChI is InChI=1S/C12H18N2O3S2/c1-3-13-12(15)10-8-11(9(2)18-10)19(16,17)14-6-4-5-7-14/h8H,3-7H2,1-2H3,(H,13,15). The number of sulfonamides is 1. The Morgan fingerprint density at radius 3 is 2.63 bits per heavy atom. The fourth-order valence-corrected chi connectivity index (χ4v) is 5.14. The largest absolute Gasteiger partial charge is 0.352 e. The molecule has 1 N–H and O–H groups in total. The third-order valence-electron chi connectivity index (χ3n) is 3.12. The average Bonchev–Trinajstić information content (AvgIpc) is 2.98.